The van der Waals surface area contributed by atoms with E-state index in [1.807, 2.05) is 0 Å². The fourth-order valence-electron chi connectivity index (χ4n) is 2.32. The Morgan fingerprint density at radius 3 is 1.42 bits per heavy atom. The summed E-state index contributed by atoms with van der Waals surface area (Å²) in [6.45, 7) is 4.39. The number of rotatable bonds is 14. The lowest BCUT2D eigenvalue weighted by molar-refractivity contribution is 0.610. The average Bonchev–Trinajstić information content (AvgIpc) is 2.43. The summed E-state index contributed by atoms with van der Waals surface area (Å²) < 4.78 is 0. The minimum atomic E-state index is 1.27. The third-order valence-corrected chi connectivity index (χ3v) is 3.62. The maximum absolute atomic E-state index is 2.40. The third kappa shape index (κ3) is 17.5. The van der Waals surface area contributed by atoms with Crippen molar-refractivity contribution >= 4 is 0 Å². The quantitative estimate of drug-likeness (QED) is 0.230. The maximum Gasteiger partial charge on any atom is -0.0351 e. The van der Waals surface area contributed by atoms with Crippen molar-refractivity contribution in [3.05, 3.63) is 24.3 Å². The van der Waals surface area contributed by atoms with Crippen LogP contribution in [-0.4, -0.2) is 0 Å². The van der Waals surface area contributed by atoms with Gasteiger partial charge in [0.2, 0.25) is 0 Å². The topological polar surface area (TPSA) is 0 Å². The van der Waals surface area contributed by atoms with E-state index in [1.54, 1.807) is 0 Å². The number of unbranched alkanes of at least 4 members (excludes halogenated alkanes) is 11. The van der Waals surface area contributed by atoms with Crippen molar-refractivity contribution in [3.63, 3.8) is 0 Å². The minimum absolute atomic E-state index is 1.27. The van der Waals surface area contributed by atoms with Gasteiger partial charge >= 0.3 is 0 Å². The molecule has 0 N–H and O–H groups in total. The lowest BCUT2D eigenvalue weighted by Gasteiger charge is -1.98. The number of hydrogen-bond acceptors (Lipinski definition) is 0. The molecule has 0 aromatic carbocycles. The molecule has 19 heavy (non-hydrogen) atoms. The summed E-state index contributed by atoms with van der Waals surface area (Å²) in [5.74, 6) is 0. The molecule has 0 saturated heterocycles. The summed E-state index contributed by atoms with van der Waals surface area (Å²) in [7, 11) is 0. The van der Waals surface area contributed by atoms with Gasteiger partial charge in [0.05, 0.1) is 0 Å². The zero-order chi connectivity index (χ0) is 14.0. The van der Waals surface area contributed by atoms with E-state index >= 15 is 0 Å². The first-order valence-electron chi connectivity index (χ1n) is 8.68. The maximum atomic E-state index is 2.40. The van der Waals surface area contributed by atoms with Gasteiger partial charge in [0.25, 0.3) is 0 Å². The number of allylic oxidation sites excluding steroid dienone is 4. The fraction of sp³-hybridized carbons (Fsp3) is 0.789. The van der Waals surface area contributed by atoms with Gasteiger partial charge in [-0.05, 0) is 45.4 Å². The van der Waals surface area contributed by atoms with Crippen molar-refractivity contribution in [1.29, 1.82) is 0 Å². The summed E-state index contributed by atoms with van der Waals surface area (Å²) in [4.78, 5) is 0. The predicted octanol–water partition coefficient (Wildman–Crippen LogP) is 7.21. The van der Waals surface area contributed by atoms with Gasteiger partial charge in [-0.1, -0.05) is 76.2 Å². The zero-order valence-corrected chi connectivity index (χ0v) is 13.5. The largest absolute Gasteiger partial charge is 0.0917 e. The van der Waals surface area contributed by atoms with Crippen LogP contribution < -0.4 is 0 Å². The normalized spacial score (nSPS) is 11.9. The second kappa shape index (κ2) is 17.5. The van der Waals surface area contributed by atoms with Crippen LogP contribution in [0.4, 0.5) is 0 Å². The SMILES string of the molecule is CC=CCCCCCCC=CCCCCCCCC. The van der Waals surface area contributed by atoms with Crippen LogP contribution in [0.15, 0.2) is 24.3 Å². The number of hydrogen-bond donors (Lipinski definition) is 0. The Labute approximate surface area is 122 Å². The smallest absolute Gasteiger partial charge is 0.0351 e. The molecule has 0 saturated carbocycles. The lowest BCUT2D eigenvalue weighted by Crippen LogP contribution is -1.78. The Bertz CT molecular complexity index is 200. The molecule has 0 radical (unpaired) electrons. The summed E-state index contributed by atoms with van der Waals surface area (Å²) in [5, 5.41) is 0. The molecule has 0 unspecified atom stereocenters. The van der Waals surface area contributed by atoms with E-state index in [1.165, 1.54) is 83.5 Å². The van der Waals surface area contributed by atoms with Crippen molar-refractivity contribution in [2.75, 3.05) is 0 Å². The standard InChI is InChI=1S/C19H36/c1-3-5-7-9-11-13-15-17-19-18-16-14-12-10-8-6-4-2/h3,5,18-19H,4,6-17H2,1-2H3. The van der Waals surface area contributed by atoms with Gasteiger partial charge in [0.1, 0.15) is 0 Å². The van der Waals surface area contributed by atoms with E-state index in [-0.39, 0.29) is 0 Å². The molecular formula is C19H36. The van der Waals surface area contributed by atoms with E-state index in [4.69, 9.17) is 0 Å². The Kier molecular flexibility index (Phi) is 17.0. The second-order valence-electron chi connectivity index (χ2n) is 5.59. The Morgan fingerprint density at radius 1 is 0.526 bits per heavy atom. The first-order chi connectivity index (χ1) is 9.41. The molecular weight excluding hydrogens is 228 g/mol. The van der Waals surface area contributed by atoms with E-state index in [9.17, 15) is 0 Å². The predicted molar refractivity (Wildman–Crippen MR) is 89.6 cm³/mol. The van der Waals surface area contributed by atoms with E-state index in [2.05, 4.69) is 38.2 Å². The van der Waals surface area contributed by atoms with Gasteiger partial charge in [0.15, 0.2) is 0 Å². The zero-order valence-electron chi connectivity index (χ0n) is 13.5. The third-order valence-electron chi connectivity index (χ3n) is 3.62. The highest BCUT2D eigenvalue weighted by Gasteiger charge is 1.89. The highest BCUT2D eigenvalue weighted by atomic mass is 14.0. The van der Waals surface area contributed by atoms with Crippen LogP contribution >= 0.6 is 0 Å². The Morgan fingerprint density at radius 2 is 0.947 bits per heavy atom. The van der Waals surface area contributed by atoms with Crippen LogP contribution in [0.3, 0.4) is 0 Å². The molecule has 0 nitrogen and oxygen atoms in total. The Balaban J connectivity index is 3.05. The highest BCUT2D eigenvalue weighted by molar-refractivity contribution is 4.81. The molecule has 0 heterocycles. The van der Waals surface area contributed by atoms with Gasteiger partial charge in [-0.15, -0.1) is 0 Å². The second-order valence-corrected chi connectivity index (χ2v) is 5.59. The molecule has 0 aliphatic carbocycles. The van der Waals surface area contributed by atoms with Gasteiger partial charge in [-0.2, -0.15) is 0 Å². The summed E-state index contributed by atoms with van der Waals surface area (Å²) in [6.07, 6.45) is 27.1. The van der Waals surface area contributed by atoms with Crippen LogP contribution in [-0.2, 0) is 0 Å². The van der Waals surface area contributed by atoms with Crippen molar-refractivity contribution in [3.8, 4) is 0 Å². The van der Waals surface area contributed by atoms with E-state index in [0.717, 1.165) is 0 Å². The monoisotopic (exact) mass is 264 g/mol. The molecule has 0 aliphatic rings. The van der Waals surface area contributed by atoms with Crippen molar-refractivity contribution < 1.29 is 0 Å². The van der Waals surface area contributed by atoms with Crippen molar-refractivity contribution in [2.24, 2.45) is 0 Å². The van der Waals surface area contributed by atoms with Gasteiger partial charge in [-0.3, -0.25) is 0 Å². The molecule has 0 fully saturated rings. The minimum Gasteiger partial charge on any atom is -0.0917 e. The van der Waals surface area contributed by atoms with Gasteiger partial charge < -0.3 is 0 Å². The molecule has 0 bridgehead atoms. The van der Waals surface area contributed by atoms with Crippen molar-refractivity contribution in [2.45, 2.75) is 97.3 Å². The molecule has 0 aromatic rings. The Hall–Kier alpha value is -0.520. The van der Waals surface area contributed by atoms with Crippen molar-refractivity contribution in [1.82, 2.24) is 0 Å². The molecule has 112 valence electrons. The first kappa shape index (κ1) is 18.5. The van der Waals surface area contributed by atoms with Gasteiger partial charge in [-0.25, -0.2) is 0 Å². The molecule has 0 amide bonds. The summed E-state index contributed by atoms with van der Waals surface area (Å²) in [5.41, 5.74) is 0. The fourth-order valence-corrected chi connectivity index (χ4v) is 2.32. The first-order valence-corrected chi connectivity index (χ1v) is 8.68. The molecule has 0 aliphatic heterocycles. The summed E-state index contributed by atoms with van der Waals surface area (Å²) >= 11 is 0. The van der Waals surface area contributed by atoms with Crippen LogP contribution in [0.2, 0.25) is 0 Å². The lowest BCUT2D eigenvalue weighted by atomic mass is 10.1. The summed E-state index contributed by atoms with van der Waals surface area (Å²) in [6, 6.07) is 0. The molecule has 0 spiro atoms. The molecule has 0 heteroatoms. The molecule has 0 rings (SSSR count). The van der Waals surface area contributed by atoms with Gasteiger partial charge in [0, 0.05) is 0 Å². The van der Waals surface area contributed by atoms with E-state index in [0.29, 0.717) is 0 Å². The highest BCUT2D eigenvalue weighted by Crippen LogP contribution is 2.09. The molecule has 0 aromatic heterocycles. The average molecular weight is 264 g/mol. The van der Waals surface area contributed by atoms with E-state index < -0.39 is 0 Å². The van der Waals surface area contributed by atoms with Crippen LogP contribution in [0, 0.1) is 0 Å². The van der Waals surface area contributed by atoms with Crippen LogP contribution in [0.25, 0.3) is 0 Å². The van der Waals surface area contributed by atoms with Crippen LogP contribution in [0.5, 0.6) is 0 Å². The van der Waals surface area contributed by atoms with Crippen LogP contribution in [0.1, 0.15) is 97.3 Å². The molecule has 0 atom stereocenters.